The third-order valence-corrected chi connectivity index (χ3v) is 10.8. The fraction of sp³-hybridized carbons (Fsp3) is 0.462. The second kappa shape index (κ2) is 14.6. The number of ether oxygens (including phenoxy) is 3. The fourth-order valence-corrected chi connectivity index (χ4v) is 8.26. The Morgan fingerprint density at radius 1 is 0.938 bits per heavy atom. The molecule has 3 N–H and O–H groups in total. The summed E-state index contributed by atoms with van der Waals surface area (Å²) >= 11 is 5.73. The lowest BCUT2D eigenvalue weighted by atomic mass is 9.49. The lowest BCUT2D eigenvalue weighted by molar-refractivity contribution is -0.137. The van der Waals surface area contributed by atoms with Gasteiger partial charge in [0.2, 0.25) is 17.6 Å². The van der Waals surface area contributed by atoms with Gasteiger partial charge >= 0.3 is 0 Å². The highest BCUT2D eigenvalue weighted by Crippen LogP contribution is 2.57. The lowest BCUT2D eigenvalue weighted by Gasteiger charge is -2.54. The summed E-state index contributed by atoms with van der Waals surface area (Å²) in [5.74, 6) is 1.48. The Hall–Kier alpha value is -4.11. The minimum absolute atomic E-state index is 0.0957. The molecule has 1 fully saturated rings. The van der Waals surface area contributed by atoms with Crippen LogP contribution in [0.15, 0.2) is 60.7 Å². The number of anilines is 1. The zero-order valence-corrected chi connectivity index (χ0v) is 30.0. The van der Waals surface area contributed by atoms with Crippen LogP contribution >= 0.6 is 12.2 Å². The van der Waals surface area contributed by atoms with Gasteiger partial charge in [-0.15, -0.1) is 0 Å². The average molecular weight is 672 g/mol. The van der Waals surface area contributed by atoms with Gasteiger partial charge in [0.15, 0.2) is 16.6 Å². The van der Waals surface area contributed by atoms with E-state index in [-0.39, 0.29) is 28.3 Å². The van der Waals surface area contributed by atoms with Crippen molar-refractivity contribution >= 4 is 34.8 Å². The van der Waals surface area contributed by atoms with Crippen LogP contribution in [0.1, 0.15) is 81.5 Å². The molecule has 0 radical (unpaired) electrons. The van der Waals surface area contributed by atoms with E-state index in [0.29, 0.717) is 35.3 Å². The number of fused-ring (bicyclic) bond motifs is 3. The number of nitrogens with one attached hydrogen (secondary N) is 3. The van der Waals surface area contributed by atoms with Gasteiger partial charge in [-0.25, -0.2) is 0 Å². The van der Waals surface area contributed by atoms with Crippen molar-refractivity contribution in [3.8, 4) is 17.2 Å². The van der Waals surface area contributed by atoms with E-state index in [1.54, 1.807) is 12.1 Å². The van der Waals surface area contributed by atoms with Gasteiger partial charge in [-0.05, 0) is 77.4 Å². The maximum atomic E-state index is 14.2. The minimum Gasteiger partial charge on any atom is -0.493 e. The summed E-state index contributed by atoms with van der Waals surface area (Å²) in [6, 6.07) is 19.2. The van der Waals surface area contributed by atoms with Crippen molar-refractivity contribution in [1.29, 1.82) is 0 Å². The fourth-order valence-electron chi connectivity index (χ4n) is 8.02. The molecule has 0 bridgehead atoms. The molecule has 3 aromatic carbocycles. The summed E-state index contributed by atoms with van der Waals surface area (Å²) in [5.41, 5.74) is 4.87. The number of carbonyl (C=O) groups excluding carboxylic acids is 2. The van der Waals surface area contributed by atoms with Crippen LogP contribution < -0.4 is 30.2 Å². The molecule has 0 saturated heterocycles. The molecule has 48 heavy (non-hydrogen) atoms. The number of hydrogen-bond acceptors (Lipinski definition) is 6. The number of thiocarbonyl (C=S) groups is 1. The molecule has 5 rings (SSSR count). The first-order valence-corrected chi connectivity index (χ1v) is 17.2. The highest BCUT2D eigenvalue weighted by atomic mass is 32.1. The van der Waals surface area contributed by atoms with Crippen molar-refractivity contribution in [3.63, 3.8) is 0 Å². The van der Waals surface area contributed by atoms with Crippen LogP contribution in [0.3, 0.4) is 0 Å². The molecule has 2 aliphatic carbocycles. The molecule has 2 amide bonds. The summed E-state index contributed by atoms with van der Waals surface area (Å²) in [5, 5.41) is 9.28. The molecule has 4 atom stereocenters. The molecule has 0 unspecified atom stereocenters. The van der Waals surface area contributed by atoms with E-state index < -0.39 is 11.5 Å². The molecule has 3 aromatic rings. The second-order valence-electron chi connectivity index (χ2n) is 13.9. The lowest BCUT2D eigenvalue weighted by Crippen LogP contribution is -2.58. The Kier molecular flexibility index (Phi) is 10.7. The standard InChI is InChI=1S/C39H49N3O5S/c1-24(2)26-14-16-29-27(21-26)15-17-33-38(29,3)18-11-19-39(33,4)36(44)42-37(48)41-30(20-25-12-9-8-10-13-25)35(43)40-28-22-31(45-5)34(47-7)32(23-28)46-6/h8-10,12-14,16,21-24,30,33H,11,15,17-20H2,1-7H3,(H,40,43)(H2,41,42,44,48)/t30-,33+,38+,39+/m0/s1. The number of rotatable bonds is 10. The Balaban J connectivity index is 1.34. The van der Waals surface area contributed by atoms with Crippen LogP contribution in [0.4, 0.5) is 5.69 Å². The molecule has 0 heterocycles. The van der Waals surface area contributed by atoms with Crippen LogP contribution in [0.2, 0.25) is 0 Å². The van der Waals surface area contributed by atoms with Crippen molar-refractivity contribution < 1.29 is 23.8 Å². The van der Waals surface area contributed by atoms with Gasteiger partial charge in [0.25, 0.3) is 0 Å². The van der Waals surface area contributed by atoms with Crippen molar-refractivity contribution in [1.82, 2.24) is 10.6 Å². The molecule has 0 aromatic heterocycles. The van der Waals surface area contributed by atoms with Crippen LogP contribution in [-0.4, -0.2) is 44.3 Å². The number of carbonyl (C=O) groups is 2. The molecular formula is C39H49N3O5S. The number of amides is 2. The van der Waals surface area contributed by atoms with E-state index in [1.165, 1.54) is 38.0 Å². The van der Waals surface area contributed by atoms with Gasteiger partial charge in [0, 0.05) is 24.2 Å². The van der Waals surface area contributed by atoms with E-state index in [4.69, 9.17) is 26.4 Å². The number of hydrogen-bond donors (Lipinski definition) is 3. The van der Waals surface area contributed by atoms with Crippen molar-refractivity contribution in [3.05, 3.63) is 82.9 Å². The summed E-state index contributed by atoms with van der Waals surface area (Å²) in [6.07, 6.45) is 5.05. The maximum Gasteiger partial charge on any atom is 0.247 e. The van der Waals surface area contributed by atoms with Gasteiger partial charge in [-0.3, -0.25) is 9.59 Å². The van der Waals surface area contributed by atoms with Crippen LogP contribution in [0.5, 0.6) is 17.2 Å². The quantitative estimate of drug-likeness (QED) is 0.198. The van der Waals surface area contributed by atoms with Gasteiger partial charge in [0.1, 0.15) is 6.04 Å². The molecule has 1 saturated carbocycles. The summed E-state index contributed by atoms with van der Waals surface area (Å²) < 4.78 is 16.4. The largest absolute Gasteiger partial charge is 0.493 e. The smallest absolute Gasteiger partial charge is 0.247 e. The van der Waals surface area contributed by atoms with E-state index in [1.807, 2.05) is 30.3 Å². The molecule has 2 aliphatic rings. The van der Waals surface area contributed by atoms with Crippen molar-refractivity contribution in [2.75, 3.05) is 26.6 Å². The van der Waals surface area contributed by atoms with Gasteiger partial charge in [-0.2, -0.15) is 0 Å². The second-order valence-corrected chi connectivity index (χ2v) is 14.3. The molecular weight excluding hydrogens is 623 g/mol. The number of aryl methyl sites for hydroxylation is 1. The monoisotopic (exact) mass is 671 g/mol. The van der Waals surface area contributed by atoms with Gasteiger partial charge in [-0.1, -0.05) is 82.6 Å². The van der Waals surface area contributed by atoms with E-state index >= 15 is 0 Å². The first-order chi connectivity index (χ1) is 22.9. The maximum absolute atomic E-state index is 14.2. The van der Waals surface area contributed by atoms with Crippen LogP contribution in [0, 0.1) is 11.3 Å². The summed E-state index contributed by atoms with van der Waals surface area (Å²) in [7, 11) is 4.57. The third kappa shape index (κ3) is 7.02. The first-order valence-electron chi connectivity index (χ1n) is 16.8. The van der Waals surface area contributed by atoms with Crippen LogP contribution in [0.25, 0.3) is 0 Å². The molecule has 0 spiro atoms. The topological polar surface area (TPSA) is 97.9 Å². The Labute approximate surface area is 290 Å². The predicted octanol–water partition coefficient (Wildman–Crippen LogP) is 7.09. The number of benzene rings is 3. The zero-order chi connectivity index (χ0) is 34.6. The highest BCUT2D eigenvalue weighted by Gasteiger charge is 2.55. The van der Waals surface area contributed by atoms with E-state index in [2.05, 4.69) is 61.8 Å². The van der Waals surface area contributed by atoms with Gasteiger partial charge in [0.05, 0.1) is 26.7 Å². The molecule has 9 heteroatoms. The number of methoxy groups -OCH3 is 3. The average Bonchev–Trinajstić information content (AvgIpc) is 3.07. The van der Waals surface area contributed by atoms with Crippen molar-refractivity contribution in [2.24, 2.45) is 11.3 Å². The first kappa shape index (κ1) is 35.2. The molecule has 0 aliphatic heterocycles. The summed E-state index contributed by atoms with van der Waals surface area (Å²) in [6.45, 7) is 8.90. The Morgan fingerprint density at radius 2 is 1.62 bits per heavy atom. The van der Waals surface area contributed by atoms with Gasteiger partial charge < -0.3 is 30.2 Å². The normalized spacial score (nSPS) is 22.0. The minimum atomic E-state index is -0.777. The third-order valence-electron chi connectivity index (χ3n) is 10.6. The Morgan fingerprint density at radius 3 is 2.25 bits per heavy atom. The van der Waals surface area contributed by atoms with E-state index in [0.717, 1.165) is 37.7 Å². The summed E-state index contributed by atoms with van der Waals surface area (Å²) in [4.78, 5) is 28.0. The van der Waals surface area contributed by atoms with Crippen molar-refractivity contribution in [2.45, 2.75) is 83.6 Å². The Bertz CT molecular complexity index is 1640. The SMILES string of the molecule is COc1cc(NC(=O)[C@H](Cc2ccccc2)NC(=S)NC(=O)[C@]2(C)CCC[C@]3(C)c4ccc(C(C)C)cc4CC[C@@H]23)cc(OC)c1OC. The molecule has 256 valence electrons. The van der Waals surface area contributed by atoms with Crippen LogP contribution in [-0.2, 0) is 27.8 Å². The van der Waals surface area contributed by atoms with E-state index in [9.17, 15) is 9.59 Å². The zero-order valence-electron chi connectivity index (χ0n) is 29.2. The highest BCUT2D eigenvalue weighted by molar-refractivity contribution is 7.80. The predicted molar refractivity (Wildman–Crippen MR) is 194 cm³/mol. The molecule has 8 nitrogen and oxygen atoms in total.